The third kappa shape index (κ3) is 3.52. The normalized spacial score (nSPS) is 21.6. The van der Waals surface area contributed by atoms with Crippen molar-refractivity contribution in [3.63, 3.8) is 0 Å². The van der Waals surface area contributed by atoms with Crippen LogP contribution in [0.4, 0.5) is 8.78 Å². The van der Waals surface area contributed by atoms with Gasteiger partial charge in [-0.2, -0.15) is 0 Å². The molecule has 0 bridgehead atoms. The molecule has 19 heavy (non-hydrogen) atoms. The highest BCUT2D eigenvalue weighted by Gasteiger charge is 2.42. The molecule has 0 amide bonds. The van der Waals surface area contributed by atoms with Crippen molar-refractivity contribution in [1.29, 1.82) is 0 Å². The number of carbonyl (C=O) groups excluding carboxylic acids is 1. The molecule has 0 aromatic heterocycles. The summed E-state index contributed by atoms with van der Waals surface area (Å²) in [7, 11) is 0. The Morgan fingerprint density at radius 1 is 1.32 bits per heavy atom. The molecule has 1 aromatic carbocycles. The molecular weight excluding hydrogens is 250 g/mol. The first-order valence-electron chi connectivity index (χ1n) is 6.56. The molecule has 1 unspecified atom stereocenters. The van der Waals surface area contributed by atoms with Crippen LogP contribution in [-0.4, -0.2) is 17.8 Å². The third-order valence-electron chi connectivity index (χ3n) is 3.29. The zero-order chi connectivity index (χ0) is 14.0. The summed E-state index contributed by atoms with van der Waals surface area (Å²) in [5, 5.41) is 0. The van der Waals surface area contributed by atoms with Gasteiger partial charge in [-0.15, -0.1) is 0 Å². The van der Waals surface area contributed by atoms with Crippen LogP contribution in [0.25, 0.3) is 0 Å². The van der Waals surface area contributed by atoms with Gasteiger partial charge in [0.25, 0.3) is 0 Å². The predicted octanol–water partition coefficient (Wildman–Crippen LogP) is 4.09. The van der Waals surface area contributed by atoms with Gasteiger partial charge in [-0.05, 0) is 44.5 Å². The summed E-state index contributed by atoms with van der Waals surface area (Å²) in [6.07, 6.45) is -0.167. The van der Waals surface area contributed by atoms with Gasteiger partial charge in [0.15, 0.2) is 5.78 Å². The summed E-state index contributed by atoms with van der Waals surface area (Å²) in [5.74, 6) is -2.73. The lowest BCUT2D eigenvalue weighted by molar-refractivity contribution is 0.00530. The van der Waals surface area contributed by atoms with Gasteiger partial charge in [-0.3, -0.25) is 4.79 Å². The van der Waals surface area contributed by atoms with E-state index in [0.29, 0.717) is 11.3 Å². The van der Waals surface area contributed by atoms with Crippen molar-refractivity contribution in [2.45, 2.75) is 45.1 Å². The quantitative estimate of drug-likeness (QED) is 0.769. The standard InChI is InChI=1S/C15H18F2O2/c1-10(2)19-13-5-3-11(4-6-13)14(18)12-7-8-15(16,17)9-12/h3-6,10,12H,7-9H2,1-2H3. The van der Waals surface area contributed by atoms with E-state index >= 15 is 0 Å². The molecule has 0 aliphatic heterocycles. The van der Waals surface area contributed by atoms with Gasteiger partial charge in [0.05, 0.1) is 6.10 Å². The van der Waals surface area contributed by atoms with Gasteiger partial charge in [0.1, 0.15) is 5.75 Å². The first-order valence-corrected chi connectivity index (χ1v) is 6.56. The van der Waals surface area contributed by atoms with E-state index < -0.39 is 11.8 Å². The second-order valence-corrected chi connectivity index (χ2v) is 5.35. The molecule has 1 aliphatic rings. The maximum Gasteiger partial charge on any atom is 0.248 e. The van der Waals surface area contributed by atoms with Gasteiger partial charge in [0.2, 0.25) is 5.92 Å². The molecule has 1 saturated carbocycles. The molecule has 104 valence electrons. The highest BCUT2D eigenvalue weighted by atomic mass is 19.3. The molecule has 2 nitrogen and oxygen atoms in total. The average molecular weight is 268 g/mol. The lowest BCUT2D eigenvalue weighted by atomic mass is 9.96. The molecule has 0 radical (unpaired) electrons. The zero-order valence-electron chi connectivity index (χ0n) is 11.2. The Bertz CT molecular complexity index is 452. The van der Waals surface area contributed by atoms with Crippen LogP contribution in [-0.2, 0) is 0 Å². The highest BCUT2D eigenvalue weighted by Crippen LogP contribution is 2.40. The minimum Gasteiger partial charge on any atom is -0.491 e. The lowest BCUT2D eigenvalue weighted by Crippen LogP contribution is -2.15. The molecule has 1 aliphatic carbocycles. The van der Waals surface area contributed by atoms with Crippen LogP contribution in [0.3, 0.4) is 0 Å². The average Bonchev–Trinajstić information content (AvgIpc) is 2.69. The van der Waals surface area contributed by atoms with Crippen LogP contribution in [0, 0.1) is 5.92 Å². The van der Waals surface area contributed by atoms with Gasteiger partial charge in [-0.1, -0.05) is 0 Å². The van der Waals surface area contributed by atoms with E-state index in [-0.39, 0.29) is 31.1 Å². The monoisotopic (exact) mass is 268 g/mol. The third-order valence-corrected chi connectivity index (χ3v) is 3.29. The first kappa shape index (κ1) is 14.0. The Morgan fingerprint density at radius 2 is 1.95 bits per heavy atom. The van der Waals surface area contributed by atoms with Gasteiger partial charge in [0, 0.05) is 24.3 Å². The zero-order valence-corrected chi connectivity index (χ0v) is 11.2. The van der Waals surface area contributed by atoms with Gasteiger partial charge in [-0.25, -0.2) is 8.78 Å². The fourth-order valence-electron chi connectivity index (χ4n) is 2.38. The summed E-state index contributed by atoms with van der Waals surface area (Å²) in [5.41, 5.74) is 0.485. The lowest BCUT2D eigenvalue weighted by Gasteiger charge is -2.12. The first-order chi connectivity index (χ1) is 8.87. The molecule has 1 atom stereocenters. The molecule has 4 heteroatoms. The molecular formula is C15H18F2O2. The largest absolute Gasteiger partial charge is 0.491 e. The van der Waals surface area contributed by atoms with Crippen LogP contribution in [0.15, 0.2) is 24.3 Å². The van der Waals surface area contributed by atoms with E-state index in [9.17, 15) is 13.6 Å². The van der Waals surface area contributed by atoms with E-state index in [1.165, 1.54) is 0 Å². The van der Waals surface area contributed by atoms with Crippen LogP contribution in [0.2, 0.25) is 0 Å². The maximum atomic E-state index is 13.1. The fraction of sp³-hybridized carbons (Fsp3) is 0.533. The molecule has 1 aromatic rings. The van der Waals surface area contributed by atoms with Crippen molar-refractivity contribution in [2.75, 3.05) is 0 Å². The van der Waals surface area contributed by atoms with E-state index in [4.69, 9.17) is 4.74 Å². The topological polar surface area (TPSA) is 26.3 Å². The van der Waals surface area contributed by atoms with Crippen molar-refractivity contribution >= 4 is 5.78 Å². The van der Waals surface area contributed by atoms with Crippen LogP contribution >= 0.6 is 0 Å². The smallest absolute Gasteiger partial charge is 0.248 e. The number of ether oxygens (including phenoxy) is 1. The Balaban J connectivity index is 2.04. The SMILES string of the molecule is CC(C)Oc1ccc(C(=O)C2CCC(F)(F)C2)cc1. The van der Waals surface area contributed by atoms with Gasteiger partial charge >= 0.3 is 0 Å². The summed E-state index contributed by atoms with van der Waals surface area (Å²) >= 11 is 0. The van der Waals surface area contributed by atoms with Crippen LogP contribution in [0.5, 0.6) is 5.75 Å². The molecule has 0 heterocycles. The molecule has 2 rings (SSSR count). The van der Waals surface area contributed by atoms with E-state index in [0.717, 1.165) is 0 Å². The van der Waals surface area contributed by atoms with Crippen molar-refractivity contribution < 1.29 is 18.3 Å². The number of Topliss-reactive ketones (excluding diaryl/α,β-unsaturated/α-hetero) is 1. The van der Waals surface area contributed by atoms with Crippen molar-refractivity contribution in [3.8, 4) is 5.75 Å². The maximum absolute atomic E-state index is 13.1. The van der Waals surface area contributed by atoms with Crippen molar-refractivity contribution in [2.24, 2.45) is 5.92 Å². The Hall–Kier alpha value is -1.45. The number of carbonyl (C=O) groups is 1. The summed E-state index contributed by atoms with van der Waals surface area (Å²) in [4.78, 5) is 12.1. The van der Waals surface area contributed by atoms with Crippen LogP contribution < -0.4 is 4.74 Å². The Kier molecular flexibility index (Phi) is 3.88. The van der Waals surface area contributed by atoms with E-state index in [1.807, 2.05) is 13.8 Å². The number of halogens is 2. The van der Waals surface area contributed by atoms with Crippen LogP contribution in [0.1, 0.15) is 43.5 Å². The predicted molar refractivity (Wildman–Crippen MR) is 68.8 cm³/mol. The van der Waals surface area contributed by atoms with E-state index in [2.05, 4.69) is 0 Å². The fourth-order valence-corrected chi connectivity index (χ4v) is 2.38. The molecule has 0 N–H and O–H groups in total. The molecule has 0 spiro atoms. The Labute approximate surface area is 111 Å². The minimum atomic E-state index is -2.68. The molecule has 0 saturated heterocycles. The van der Waals surface area contributed by atoms with Crippen molar-refractivity contribution in [1.82, 2.24) is 0 Å². The molecule has 1 fully saturated rings. The second-order valence-electron chi connectivity index (χ2n) is 5.35. The number of alkyl halides is 2. The van der Waals surface area contributed by atoms with Gasteiger partial charge < -0.3 is 4.74 Å². The minimum absolute atomic E-state index is 0.0649. The van der Waals surface area contributed by atoms with E-state index in [1.54, 1.807) is 24.3 Å². The summed E-state index contributed by atoms with van der Waals surface area (Å²) in [6.45, 7) is 3.83. The number of hydrogen-bond donors (Lipinski definition) is 0. The Morgan fingerprint density at radius 3 is 2.42 bits per heavy atom. The number of rotatable bonds is 4. The van der Waals surface area contributed by atoms with Crippen molar-refractivity contribution in [3.05, 3.63) is 29.8 Å². The number of ketones is 1. The number of benzene rings is 1. The number of hydrogen-bond acceptors (Lipinski definition) is 2. The summed E-state index contributed by atoms with van der Waals surface area (Å²) < 4.78 is 31.7. The summed E-state index contributed by atoms with van der Waals surface area (Å²) in [6, 6.07) is 6.72. The highest BCUT2D eigenvalue weighted by molar-refractivity contribution is 5.98. The second kappa shape index (κ2) is 5.27.